The molecule has 1 aromatic carbocycles. The molecule has 0 radical (unpaired) electrons. The molecule has 0 aliphatic carbocycles. The van der Waals surface area contributed by atoms with Gasteiger partial charge in [0.05, 0.1) is 11.4 Å². The smallest absolute Gasteiger partial charge is 0.245 e. The Bertz CT molecular complexity index is 606. The minimum atomic E-state index is 0.213. The largest absolute Gasteiger partial charge is 0.366 e. The van der Waals surface area contributed by atoms with Crippen molar-refractivity contribution in [3.63, 3.8) is 0 Å². The summed E-state index contributed by atoms with van der Waals surface area (Å²) in [7, 11) is 0. The molecule has 0 aliphatic heterocycles. The third kappa shape index (κ3) is 1.52. The van der Waals surface area contributed by atoms with Crippen LogP contribution in [0.15, 0.2) is 24.3 Å². The van der Waals surface area contributed by atoms with E-state index in [0.717, 1.165) is 11.4 Å². The van der Waals surface area contributed by atoms with Crippen LogP contribution in [0, 0.1) is 0 Å². The Morgan fingerprint density at radius 1 is 0.722 bits per heavy atom. The minimum absolute atomic E-state index is 0.213. The number of tetrazole rings is 2. The summed E-state index contributed by atoms with van der Waals surface area (Å²) in [6.45, 7) is 0. The summed E-state index contributed by atoms with van der Waals surface area (Å²) in [5.41, 5.74) is 12.7. The van der Waals surface area contributed by atoms with Crippen molar-refractivity contribution in [1.29, 1.82) is 0 Å². The number of benzene rings is 1. The molecule has 18 heavy (non-hydrogen) atoms. The monoisotopic (exact) mass is 244 g/mol. The van der Waals surface area contributed by atoms with Crippen LogP contribution in [0.3, 0.4) is 0 Å². The van der Waals surface area contributed by atoms with E-state index in [9.17, 15) is 0 Å². The Morgan fingerprint density at radius 2 is 1.11 bits per heavy atom. The third-order valence-electron chi connectivity index (χ3n) is 2.33. The van der Waals surface area contributed by atoms with Gasteiger partial charge in [-0.05, 0) is 45.1 Å². The van der Waals surface area contributed by atoms with Crippen LogP contribution >= 0.6 is 0 Å². The lowest BCUT2D eigenvalue weighted by Crippen LogP contribution is -2.05. The van der Waals surface area contributed by atoms with E-state index in [4.69, 9.17) is 11.5 Å². The van der Waals surface area contributed by atoms with Crippen LogP contribution in [0.25, 0.3) is 11.4 Å². The quantitative estimate of drug-likeness (QED) is 0.573. The number of nitrogen functional groups attached to an aromatic ring is 2. The van der Waals surface area contributed by atoms with Gasteiger partial charge in [-0.15, -0.1) is 0 Å². The molecule has 0 atom stereocenters. The van der Waals surface area contributed by atoms with Crippen molar-refractivity contribution in [1.82, 2.24) is 40.4 Å². The minimum Gasteiger partial charge on any atom is -0.366 e. The van der Waals surface area contributed by atoms with Crippen LogP contribution in [0.4, 0.5) is 11.9 Å². The van der Waals surface area contributed by atoms with Crippen molar-refractivity contribution in [2.45, 2.75) is 0 Å². The summed E-state index contributed by atoms with van der Waals surface area (Å²) in [6.07, 6.45) is 0. The van der Waals surface area contributed by atoms with Gasteiger partial charge in [0, 0.05) is 0 Å². The van der Waals surface area contributed by atoms with Gasteiger partial charge in [0.1, 0.15) is 0 Å². The van der Waals surface area contributed by atoms with E-state index in [1.165, 1.54) is 9.36 Å². The molecule has 0 saturated carbocycles. The number of hydrogen-bond acceptors (Lipinski definition) is 8. The zero-order valence-corrected chi connectivity index (χ0v) is 9.04. The van der Waals surface area contributed by atoms with Crippen LogP contribution in [0.1, 0.15) is 0 Å². The summed E-state index contributed by atoms with van der Waals surface area (Å²) in [4.78, 5) is 0. The molecule has 0 amide bonds. The van der Waals surface area contributed by atoms with Crippen LogP contribution in [0.5, 0.6) is 0 Å². The molecule has 2 heterocycles. The fraction of sp³-hybridized carbons (Fsp3) is 0. The Labute approximate surface area is 100 Å². The molecule has 4 N–H and O–H groups in total. The van der Waals surface area contributed by atoms with Crippen molar-refractivity contribution in [3.05, 3.63) is 24.3 Å². The molecular formula is C8H8N10. The standard InChI is InChI=1S/C8H8N10/c9-7-11-13-15-17(7)5-1-2-6(4-3-5)18-8(10)12-14-16-18/h1-4H,(H2,9,11,15)(H2,10,12,16). The predicted octanol–water partition coefficient (Wildman–Crippen LogP) is -1.20. The first kappa shape index (κ1) is 10.1. The van der Waals surface area contributed by atoms with Gasteiger partial charge in [-0.25, -0.2) is 0 Å². The van der Waals surface area contributed by atoms with Crippen molar-refractivity contribution in [3.8, 4) is 11.4 Å². The molecule has 0 bridgehead atoms. The predicted molar refractivity (Wildman–Crippen MR) is 60.7 cm³/mol. The summed E-state index contributed by atoms with van der Waals surface area (Å²) in [5.74, 6) is 0.425. The summed E-state index contributed by atoms with van der Waals surface area (Å²) >= 11 is 0. The summed E-state index contributed by atoms with van der Waals surface area (Å²) in [5, 5.41) is 21.6. The van der Waals surface area contributed by atoms with Crippen LogP contribution in [-0.4, -0.2) is 40.4 Å². The van der Waals surface area contributed by atoms with Crippen LogP contribution in [-0.2, 0) is 0 Å². The van der Waals surface area contributed by atoms with E-state index in [2.05, 4.69) is 31.1 Å². The van der Waals surface area contributed by atoms with E-state index in [1.807, 2.05) is 0 Å². The maximum Gasteiger partial charge on any atom is 0.245 e. The number of nitrogens with two attached hydrogens (primary N) is 2. The van der Waals surface area contributed by atoms with Gasteiger partial charge in [0.2, 0.25) is 11.9 Å². The zero-order chi connectivity index (χ0) is 12.5. The molecule has 0 unspecified atom stereocenters. The SMILES string of the molecule is Nc1nnnn1-c1ccc(-n2nnnc2N)cc1. The third-order valence-corrected chi connectivity index (χ3v) is 2.33. The molecule has 10 heteroatoms. The number of anilines is 2. The van der Waals surface area contributed by atoms with E-state index in [0.29, 0.717) is 0 Å². The second kappa shape index (κ2) is 3.76. The molecular weight excluding hydrogens is 236 g/mol. The first-order valence-electron chi connectivity index (χ1n) is 4.94. The highest BCUT2D eigenvalue weighted by molar-refractivity contribution is 5.44. The van der Waals surface area contributed by atoms with Gasteiger partial charge in [-0.1, -0.05) is 10.2 Å². The summed E-state index contributed by atoms with van der Waals surface area (Å²) in [6, 6.07) is 7.12. The van der Waals surface area contributed by atoms with Gasteiger partial charge in [-0.3, -0.25) is 0 Å². The molecule has 90 valence electrons. The molecule has 0 saturated heterocycles. The fourth-order valence-electron chi connectivity index (χ4n) is 1.49. The van der Waals surface area contributed by atoms with Crippen molar-refractivity contribution < 1.29 is 0 Å². The Morgan fingerprint density at radius 3 is 1.39 bits per heavy atom. The van der Waals surface area contributed by atoms with E-state index in [-0.39, 0.29) is 11.9 Å². The second-order valence-corrected chi connectivity index (χ2v) is 3.41. The maximum absolute atomic E-state index is 5.60. The normalized spacial score (nSPS) is 10.7. The van der Waals surface area contributed by atoms with Crippen molar-refractivity contribution >= 4 is 11.9 Å². The Hall–Kier alpha value is -3.04. The van der Waals surface area contributed by atoms with Crippen LogP contribution < -0.4 is 11.5 Å². The number of rotatable bonds is 2. The van der Waals surface area contributed by atoms with Gasteiger partial charge in [-0.2, -0.15) is 9.36 Å². The van der Waals surface area contributed by atoms with Crippen molar-refractivity contribution in [2.75, 3.05) is 11.5 Å². The van der Waals surface area contributed by atoms with E-state index in [1.54, 1.807) is 24.3 Å². The van der Waals surface area contributed by atoms with E-state index < -0.39 is 0 Å². The lowest BCUT2D eigenvalue weighted by Gasteiger charge is -2.04. The number of aromatic nitrogens is 8. The fourth-order valence-corrected chi connectivity index (χ4v) is 1.49. The second-order valence-electron chi connectivity index (χ2n) is 3.41. The molecule has 3 aromatic rings. The molecule has 10 nitrogen and oxygen atoms in total. The molecule has 3 rings (SSSR count). The van der Waals surface area contributed by atoms with Gasteiger partial charge < -0.3 is 11.5 Å². The Balaban J connectivity index is 2.00. The first-order valence-corrected chi connectivity index (χ1v) is 4.94. The van der Waals surface area contributed by atoms with Gasteiger partial charge >= 0.3 is 0 Å². The summed E-state index contributed by atoms with van der Waals surface area (Å²) < 4.78 is 2.82. The lowest BCUT2D eigenvalue weighted by atomic mass is 10.3. The van der Waals surface area contributed by atoms with Crippen LogP contribution in [0.2, 0.25) is 0 Å². The highest BCUT2D eigenvalue weighted by Gasteiger charge is 2.07. The molecule has 0 fully saturated rings. The van der Waals surface area contributed by atoms with Gasteiger partial charge in [0.25, 0.3) is 0 Å². The molecule has 0 spiro atoms. The number of nitrogens with zero attached hydrogens (tertiary/aromatic N) is 8. The Kier molecular flexibility index (Phi) is 2.12. The van der Waals surface area contributed by atoms with Gasteiger partial charge in [0.15, 0.2) is 0 Å². The van der Waals surface area contributed by atoms with Crippen molar-refractivity contribution in [2.24, 2.45) is 0 Å². The average molecular weight is 244 g/mol. The number of hydrogen-bond donors (Lipinski definition) is 2. The first-order chi connectivity index (χ1) is 8.75. The molecule has 0 aliphatic rings. The topological polar surface area (TPSA) is 139 Å². The maximum atomic E-state index is 5.60. The molecule has 2 aromatic heterocycles. The highest BCUT2D eigenvalue weighted by atomic mass is 15.6. The lowest BCUT2D eigenvalue weighted by molar-refractivity contribution is 0.783. The zero-order valence-electron chi connectivity index (χ0n) is 9.04. The highest BCUT2D eigenvalue weighted by Crippen LogP contribution is 2.14. The average Bonchev–Trinajstić information content (AvgIpc) is 2.98. The van der Waals surface area contributed by atoms with E-state index >= 15 is 0 Å².